The van der Waals surface area contributed by atoms with Crippen LogP contribution in [0.25, 0.3) is 0 Å². The van der Waals surface area contributed by atoms with Crippen LogP contribution in [0.15, 0.2) is 18.2 Å². The lowest BCUT2D eigenvalue weighted by Gasteiger charge is -2.06. The number of anilines is 1. The number of hydrogen-bond acceptors (Lipinski definition) is 2. The smallest absolute Gasteiger partial charge is 0.163 e. The third kappa shape index (κ3) is 2.59. The number of aryl methyl sites for hydroxylation is 1. The van der Waals surface area contributed by atoms with Gasteiger partial charge in [-0.05, 0) is 36.6 Å². The standard InChI is InChI=1S/C12H17NO/c1-8(2)6-12(14)10-4-5-11(13)9(3)7-10/h4-5,7-8H,6,13H2,1-3H3. The van der Waals surface area contributed by atoms with Crippen LogP contribution < -0.4 is 5.73 Å². The van der Waals surface area contributed by atoms with Gasteiger partial charge in [-0.15, -0.1) is 0 Å². The molecular weight excluding hydrogens is 174 g/mol. The van der Waals surface area contributed by atoms with Crippen molar-refractivity contribution in [2.45, 2.75) is 27.2 Å². The molecular formula is C12H17NO. The van der Waals surface area contributed by atoms with Gasteiger partial charge in [-0.3, -0.25) is 4.79 Å². The predicted octanol–water partition coefficient (Wildman–Crippen LogP) is 2.81. The van der Waals surface area contributed by atoms with Gasteiger partial charge >= 0.3 is 0 Å². The molecule has 0 amide bonds. The Balaban J connectivity index is 2.86. The first kappa shape index (κ1) is 10.8. The van der Waals surface area contributed by atoms with Gasteiger partial charge < -0.3 is 5.73 Å². The zero-order valence-electron chi connectivity index (χ0n) is 9.00. The van der Waals surface area contributed by atoms with Crippen molar-refractivity contribution in [3.63, 3.8) is 0 Å². The van der Waals surface area contributed by atoms with Crippen LogP contribution in [0.1, 0.15) is 36.2 Å². The molecule has 0 saturated carbocycles. The Morgan fingerprint density at radius 3 is 2.57 bits per heavy atom. The van der Waals surface area contributed by atoms with E-state index in [1.54, 1.807) is 12.1 Å². The Morgan fingerprint density at radius 1 is 1.43 bits per heavy atom. The lowest BCUT2D eigenvalue weighted by molar-refractivity contribution is 0.0968. The molecule has 2 N–H and O–H groups in total. The summed E-state index contributed by atoms with van der Waals surface area (Å²) in [5, 5.41) is 0. The third-order valence-electron chi connectivity index (χ3n) is 2.19. The molecule has 0 radical (unpaired) electrons. The average Bonchev–Trinajstić information content (AvgIpc) is 2.08. The second kappa shape index (κ2) is 4.27. The molecule has 0 spiro atoms. The fourth-order valence-corrected chi connectivity index (χ4v) is 1.34. The van der Waals surface area contributed by atoms with E-state index < -0.39 is 0 Å². The van der Waals surface area contributed by atoms with Gasteiger partial charge in [0.15, 0.2) is 5.78 Å². The van der Waals surface area contributed by atoms with Gasteiger partial charge in [-0.25, -0.2) is 0 Å². The minimum atomic E-state index is 0.197. The fraction of sp³-hybridized carbons (Fsp3) is 0.417. The summed E-state index contributed by atoms with van der Waals surface area (Å²) < 4.78 is 0. The Hall–Kier alpha value is -1.31. The van der Waals surface area contributed by atoms with Crippen LogP contribution in [0.4, 0.5) is 5.69 Å². The lowest BCUT2D eigenvalue weighted by atomic mass is 9.99. The summed E-state index contributed by atoms with van der Waals surface area (Å²) in [5.74, 6) is 0.600. The molecule has 0 fully saturated rings. The number of hydrogen-bond donors (Lipinski definition) is 1. The molecule has 14 heavy (non-hydrogen) atoms. The number of nitrogen functional groups attached to an aromatic ring is 1. The van der Waals surface area contributed by atoms with Crippen LogP contribution in [0.2, 0.25) is 0 Å². The van der Waals surface area contributed by atoms with E-state index in [1.807, 2.05) is 26.8 Å². The number of nitrogens with two attached hydrogens (primary N) is 1. The molecule has 0 heterocycles. The van der Waals surface area contributed by atoms with Crippen LogP contribution >= 0.6 is 0 Å². The highest BCUT2D eigenvalue weighted by Gasteiger charge is 2.08. The number of Topliss-reactive ketones (excluding diaryl/α,β-unsaturated/α-hetero) is 1. The van der Waals surface area contributed by atoms with Gasteiger partial charge in [0, 0.05) is 17.7 Å². The van der Waals surface area contributed by atoms with Crippen molar-refractivity contribution < 1.29 is 4.79 Å². The summed E-state index contributed by atoms with van der Waals surface area (Å²) in [6.07, 6.45) is 0.601. The first-order chi connectivity index (χ1) is 6.50. The quantitative estimate of drug-likeness (QED) is 0.589. The zero-order chi connectivity index (χ0) is 10.7. The zero-order valence-corrected chi connectivity index (χ0v) is 9.00. The Morgan fingerprint density at radius 2 is 2.07 bits per heavy atom. The van der Waals surface area contributed by atoms with E-state index in [2.05, 4.69) is 0 Å². The SMILES string of the molecule is Cc1cc(C(=O)CC(C)C)ccc1N. The monoisotopic (exact) mass is 191 g/mol. The van der Waals surface area contributed by atoms with Crippen molar-refractivity contribution in [3.05, 3.63) is 29.3 Å². The first-order valence-corrected chi connectivity index (χ1v) is 4.90. The minimum absolute atomic E-state index is 0.197. The molecule has 0 aliphatic heterocycles. The van der Waals surface area contributed by atoms with E-state index in [1.165, 1.54) is 0 Å². The van der Waals surface area contributed by atoms with Crippen molar-refractivity contribution in [2.24, 2.45) is 5.92 Å². The molecule has 1 rings (SSSR count). The van der Waals surface area contributed by atoms with Gasteiger partial charge in [-0.2, -0.15) is 0 Å². The molecule has 2 nitrogen and oxygen atoms in total. The van der Waals surface area contributed by atoms with Gasteiger partial charge in [0.1, 0.15) is 0 Å². The molecule has 2 heteroatoms. The second-order valence-electron chi connectivity index (χ2n) is 4.09. The van der Waals surface area contributed by atoms with E-state index in [0.717, 1.165) is 16.8 Å². The molecule has 0 aliphatic carbocycles. The third-order valence-corrected chi connectivity index (χ3v) is 2.19. The lowest BCUT2D eigenvalue weighted by Crippen LogP contribution is -2.04. The van der Waals surface area contributed by atoms with Crippen LogP contribution in [-0.2, 0) is 0 Å². The van der Waals surface area contributed by atoms with Crippen molar-refractivity contribution in [2.75, 3.05) is 5.73 Å². The van der Waals surface area contributed by atoms with Gasteiger partial charge in [-0.1, -0.05) is 13.8 Å². The Kier molecular flexibility index (Phi) is 3.28. The number of benzene rings is 1. The topological polar surface area (TPSA) is 43.1 Å². The molecule has 0 bridgehead atoms. The highest BCUT2D eigenvalue weighted by Crippen LogP contribution is 2.15. The molecule has 0 aromatic heterocycles. The maximum absolute atomic E-state index is 11.7. The minimum Gasteiger partial charge on any atom is -0.399 e. The second-order valence-corrected chi connectivity index (χ2v) is 4.09. The average molecular weight is 191 g/mol. The number of ketones is 1. The molecule has 0 unspecified atom stereocenters. The maximum Gasteiger partial charge on any atom is 0.163 e. The van der Waals surface area contributed by atoms with Crippen molar-refractivity contribution >= 4 is 11.5 Å². The Labute approximate surface area is 85.1 Å². The summed E-state index contributed by atoms with van der Waals surface area (Å²) in [4.78, 5) is 11.7. The van der Waals surface area contributed by atoms with Crippen LogP contribution in [0.5, 0.6) is 0 Å². The van der Waals surface area contributed by atoms with Crippen molar-refractivity contribution in [1.29, 1.82) is 0 Å². The van der Waals surface area contributed by atoms with Crippen molar-refractivity contribution in [1.82, 2.24) is 0 Å². The summed E-state index contributed by atoms with van der Waals surface area (Å²) >= 11 is 0. The summed E-state index contributed by atoms with van der Waals surface area (Å²) in [7, 11) is 0. The molecule has 0 atom stereocenters. The largest absolute Gasteiger partial charge is 0.399 e. The molecule has 0 aliphatic rings. The van der Waals surface area contributed by atoms with E-state index in [0.29, 0.717) is 12.3 Å². The highest BCUT2D eigenvalue weighted by atomic mass is 16.1. The van der Waals surface area contributed by atoms with Gasteiger partial charge in [0.05, 0.1) is 0 Å². The van der Waals surface area contributed by atoms with E-state index >= 15 is 0 Å². The molecule has 0 saturated heterocycles. The van der Waals surface area contributed by atoms with E-state index in [9.17, 15) is 4.79 Å². The number of rotatable bonds is 3. The van der Waals surface area contributed by atoms with Crippen molar-refractivity contribution in [3.8, 4) is 0 Å². The number of carbonyl (C=O) groups is 1. The van der Waals surface area contributed by atoms with Crippen LogP contribution in [0.3, 0.4) is 0 Å². The molecule has 1 aromatic rings. The Bertz CT molecular complexity index is 342. The van der Waals surface area contributed by atoms with Crippen LogP contribution in [-0.4, -0.2) is 5.78 Å². The van der Waals surface area contributed by atoms with Crippen LogP contribution in [0, 0.1) is 12.8 Å². The fourth-order valence-electron chi connectivity index (χ4n) is 1.34. The highest BCUT2D eigenvalue weighted by molar-refractivity contribution is 5.96. The maximum atomic E-state index is 11.7. The molecule has 1 aromatic carbocycles. The molecule has 76 valence electrons. The first-order valence-electron chi connectivity index (χ1n) is 4.90. The number of carbonyl (C=O) groups excluding carboxylic acids is 1. The predicted molar refractivity (Wildman–Crippen MR) is 59.4 cm³/mol. The van der Waals surface area contributed by atoms with Gasteiger partial charge in [0.2, 0.25) is 0 Å². The summed E-state index contributed by atoms with van der Waals surface area (Å²) in [6, 6.07) is 5.45. The van der Waals surface area contributed by atoms with E-state index in [4.69, 9.17) is 5.73 Å². The normalized spacial score (nSPS) is 10.6. The summed E-state index contributed by atoms with van der Waals surface area (Å²) in [6.45, 7) is 6.01. The van der Waals surface area contributed by atoms with Gasteiger partial charge in [0.25, 0.3) is 0 Å². The summed E-state index contributed by atoms with van der Waals surface area (Å²) in [5.41, 5.74) is 8.16. The van der Waals surface area contributed by atoms with E-state index in [-0.39, 0.29) is 5.78 Å².